The Morgan fingerprint density at radius 1 is 1.00 bits per heavy atom. The lowest BCUT2D eigenvalue weighted by molar-refractivity contribution is -0.137. The SMILES string of the molecule is CCCC1N=C(c2ccccc2)c2cccc(C(F)(F)F)c2-n2c(CN(CC)CC3CC3)nnc21. The van der Waals surface area contributed by atoms with Gasteiger partial charge in [0.05, 0.1) is 23.5 Å². The van der Waals surface area contributed by atoms with E-state index in [1.807, 2.05) is 37.3 Å². The lowest BCUT2D eigenvalue weighted by Gasteiger charge is -2.23. The molecular formula is C27H30F3N5. The standard InChI is InChI=1S/C27H30F3N5/c1-3-9-22-26-33-32-23(17-34(4-2)16-18-14-15-18)35(26)25-20(12-8-13-21(25)27(28,29)30)24(31-22)19-10-6-5-7-11-19/h5-8,10-13,18,22H,3-4,9,14-17H2,1-2H3. The molecule has 2 aliphatic rings. The van der Waals surface area contributed by atoms with E-state index in [0.717, 1.165) is 31.1 Å². The zero-order valence-electron chi connectivity index (χ0n) is 20.1. The third kappa shape index (κ3) is 4.76. The van der Waals surface area contributed by atoms with Gasteiger partial charge in [0, 0.05) is 17.7 Å². The molecule has 0 spiro atoms. The Labute approximate surface area is 203 Å². The molecule has 184 valence electrons. The van der Waals surface area contributed by atoms with Crippen LogP contribution in [0.25, 0.3) is 5.69 Å². The molecule has 5 rings (SSSR count). The number of alkyl halides is 3. The second-order valence-electron chi connectivity index (χ2n) is 9.43. The van der Waals surface area contributed by atoms with Gasteiger partial charge in [-0.1, -0.05) is 62.7 Å². The highest BCUT2D eigenvalue weighted by Gasteiger charge is 2.39. The lowest BCUT2D eigenvalue weighted by atomic mass is 9.97. The number of hydrogen-bond acceptors (Lipinski definition) is 4. The van der Waals surface area contributed by atoms with Crippen LogP contribution in [0.2, 0.25) is 0 Å². The van der Waals surface area contributed by atoms with Crippen molar-refractivity contribution in [3.63, 3.8) is 0 Å². The summed E-state index contributed by atoms with van der Waals surface area (Å²) in [6, 6.07) is 13.4. The molecule has 2 heterocycles. The predicted molar refractivity (Wildman–Crippen MR) is 130 cm³/mol. The Kier molecular flexibility index (Phi) is 6.49. The Bertz CT molecular complexity index is 1210. The highest BCUT2D eigenvalue weighted by molar-refractivity contribution is 6.15. The topological polar surface area (TPSA) is 46.3 Å². The number of aromatic nitrogens is 3. The first-order valence-electron chi connectivity index (χ1n) is 12.4. The molecule has 35 heavy (non-hydrogen) atoms. The number of halogens is 3. The summed E-state index contributed by atoms with van der Waals surface area (Å²) in [7, 11) is 0. The highest BCUT2D eigenvalue weighted by atomic mass is 19.4. The Morgan fingerprint density at radius 3 is 2.43 bits per heavy atom. The summed E-state index contributed by atoms with van der Waals surface area (Å²) in [5.41, 5.74) is 1.20. The minimum Gasteiger partial charge on any atom is -0.296 e. The molecular weight excluding hydrogens is 451 g/mol. The number of fused-ring (bicyclic) bond motifs is 3. The Balaban J connectivity index is 1.74. The number of nitrogens with zero attached hydrogens (tertiary/aromatic N) is 5. The van der Waals surface area contributed by atoms with Crippen LogP contribution in [-0.2, 0) is 12.7 Å². The van der Waals surface area contributed by atoms with Gasteiger partial charge < -0.3 is 0 Å². The second kappa shape index (κ2) is 9.57. The summed E-state index contributed by atoms with van der Waals surface area (Å²) in [5, 5.41) is 8.90. The molecule has 0 N–H and O–H groups in total. The maximum atomic E-state index is 14.4. The normalized spacial score (nSPS) is 17.7. The molecule has 0 saturated heterocycles. The molecule has 8 heteroatoms. The highest BCUT2D eigenvalue weighted by Crippen LogP contribution is 2.41. The fraction of sp³-hybridized carbons (Fsp3) is 0.444. The Morgan fingerprint density at radius 2 is 1.77 bits per heavy atom. The quantitative estimate of drug-likeness (QED) is 0.384. The van der Waals surface area contributed by atoms with Crippen LogP contribution in [0.5, 0.6) is 0 Å². The van der Waals surface area contributed by atoms with Crippen molar-refractivity contribution >= 4 is 5.71 Å². The maximum absolute atomic E-state index is 14.4. The summed E-state index contributed by atoms with van der Waals surface area (Å²) in [6.07, 6.45) is -0.618. The van der Waals surface area contributed by atoms with Gasteiger partial charge in [-0.3, -0.25) is 14.5 Å². The van der Waals surface area contributed by atoms with E-state index in [1.54, 1.807) is 10.6 Å². The van der Waals surface area contributed by atoms with E-state index in [9.17, 15) is 13.2 Å². The molecule has 1 aromatic heterocycles. The van der Waals surface area contributed by atoms with Gasteiger partial charge in [0.1, 0.15) is 6.04 Å². The van der Waals surface area contributed by atoms with Gasteiger partial charge >= 0.3 is 6.18 Å². The van der Waals surface area contributed by atoms with Gasteiger partial charge in [-0.05, 0) is 37.8 Å². The van der Waals surface area contributed by atoms with Crippen LogP contribution in [0.15, 0.2) is 53.5 Å². The first-order chi connectivity index (χ1) is 16.9. The first kappa shape index (κ1) is 23.7. The fourth-order valence-corrected chi connectivity index (χ4v) is 4.84. The fourth-order valence-electron chi connectivity index (χ4n) is 4.84. The zero-order chi connectivity index (χ0) is 24.6. The molecule has 1 aliphatic carbocycles. The van der Waals surface area contributed by atoms with Crippen LogP contribution in [-0.4, -0.2) is 38.5 Å². The molecule has 5 nitrogen and oxygen atoms in total. The van der Waals surface area contributed by atoms with Crippen LogP contribution in [0.4, 0.5) is 13.2 Å². The molecule has 1 atom stereocenters. The summed E-state index contributed by atoms with van der Waals surface area (Å²) >= 11 is 0. The number of aliphatic imine (C=N–C) groups is 1. The molecule has 1 unspecified atom stereocenters. The summed E-state index contributed by atoms with van der Waals surface area (Å²) in [5.74, 6) is 1.68. The molecule has 1 saturated carbocycles. The molecule has 0 bridgehead atoms. The van der Waals surface area contributed by atoms with Gasteiger partial charge in [-0.25, -0.2) is 0 Å². The van der Waals surface area contributed by atoms with E-state index in [4.69, 9.17) is 4.99 Å². The molecule has 2 aromatic carbocycles. The third-order valence-electron chi connectivity index (χ3n) is 6.79. The second-order valence-corrected chi connectivity index (χ2v) is 9.43. The van der Waals surface area contributed by atoms with Crippen LogP contribution in [0.1, 0.15) is 73.9 Å². The molecule has 1 fully saturated rings. The van der Waals surface area contributed by atoms with Crippen molar-refractivity contribution in [3.05, 3.63) is 76.9 Å². The van der Waals surface area contributed by atoms with Crippen molar-refractivity contribution < 1.29 is 13.2 Å². The average Bonchev–Trinajstić information content (AvgIpc) is 3.60. The molecule has 0 radical (unpaired) electrons. The molecule has 1 aliphatic heterocycles. The van der Waals surface area contributed by atoms with E-state index in [0.29, 0.717) is 41.8 Å². The van der Waals surface area contributed by atoms with Crippen LogP contribution in [0, 0.1) is 5.92 Å². The van der Waals surface area contributed by atoms with Crippen LogP contribution >= 0.6 is 0 Å². The summed E-state index contributed by atoms with van der Waals surface area (Å²) < 4.78 is 44.9. The molecule has 0 amide bonds. The third-order valence-corrected chi connectivity index (χ3v) is 6.79. The van der Waals surface area contributed by atoms with E-state index in [2.05, 4.69) is 22.0 Å². The van der Waals surface area contributed by atoms with Crippen molar-refractivity contribution in [1.29, 1.82) is 0 Å². The number of hydrogen-bond donors (Lipinski definition) is 0. The minimum atomic E-state index is -4.53. The zero-order valence-corrected chi connectivity index (χ0v) is 20.1. The van der Waals surface area contributed by atoms with Gasteiger partial charge in [-0.2, -0.15) is 13.2 Å². The maximum Gasteiger partial charge on any atom is 0.418 e. The first-order valence-corrected chi connectivity index (χ1v) is 12.4. The average molecular weight is 482 g/mol. The summed E-state index contributed by atoms with van der Waals surface area (Å²) in [4.78, 5) is 7.28. The van der Waals surface area contributed by atoms with Crippen molar-refractivity contribution in [2.24, 2.45) is 10.9 Å². The van der Waals surface area contributed by atoms with E-state index in [-0.39, 0.29) is 11.7 Å². The largest absolute Gasteiger partial charge is 0.418 e. The number of benzene rings is 2. The van der Waals surface area contributed by atoms with Gasteiger partial charge in [0.15, 0.2) is 11.6 Å². The smallest absolute Gasteiger partial charge is 0.296 e. The van der Waals surface area contributed by atoms with Crippen molar-refractivity contribution in [2.45, 2.75) is 58.3 Å². The Hall–Kier alpha value is -3.00. The van der Waals surface area contributed by atoms with E-state index < -0.39 is 11.7 Å². The van der Waals surface area contributed by atoms with Crippen molar-refractivity contribution in [1.82, 2.24) is 19.7 Å². The monoisotopic (exact) mass is 481 g/mol. The number of rotatable bonds is 8. The van der Waals surface area contributed by atoms with E-state index >= 15 is 0 Å². The summed E-state index contributed by atoms with van der Waals surface area (Å²) in [6.45, 7) is 6.30. The van der Waals surface area contributed by atoms with Crippen molar-refractivity contribution in [3.8, 4) is 5.69 Å². The molecule has 3 aromatic rings. The number of para-hydroxylation sites is 1. The minimum absolute atomic E-state index is 0.0821. The van der Waals surface area contributed by atoms with Crippen LogP contribution < -0.4 is 0 Å². The lowest BCUT2D eigenvalue weighted by Crippen LogP contribution is -2.27. The van der Waals surface area contributed by atoms with Crippen LogP contribution in [0.3, 0.4) is 0 Å². The van der Waals surface area contributed by atoms with Gasteiger partial charge in [0.25, 0.3) is 0 Å². The van der Waals surface area contributed by atoms with Gasteiger partial charge in [-0.15, -0.1) is 10.2 Å². The van der Waals surface area contributed by atoms with Gasteiger partial charge in [0.2, 0.25) is 0 Å². The van der Waals surface area contributed by atoms with Crippen molar-refractivity contribution in [2.75, 3.05) is 13.1 Å². The predicted octanol–water partition coefficient (Wildman–Crippen LogP) is 6.21. The van der Waals surface area contributed by atoms with E-state index in [1.165, 1.54) is 18.9 Å².